The maximum absolute atomic E-state index is 12.6. The van der Waals surface area contributed by atoms with Crippen molar-refractivity contribution in [3.63, 3.8) is 0 Å². The van der Waals surface area contributed by atoms with Crippen LogP contribution in [0.15, 0.2) is 24.3 Å². The van der Waals surface area contributed by atoms with Gasteiger partial charge in [-0.15, -0.1) is 0 Å². The van der Waals surface area contributed by atoms with Crippen LogP contribution < -0.4 is 0 Å². The van der Waals surface area contributed by atoms with Gasteiger partial charge in [-0.2, -0.15) is 0 Å². The Morgan fingerprint density at radius 2 is 1.81 bits per heavy atom. The van der Waals surface area contributed by atoms with Crippen LogP contribution >= 0.6 is 0 Å². The highest BCUT2D eigenvalue weighted by Crippen LogP contribution is 2.42. The van der Waals surface area contributed by atoms with E-state index in [-0.39, 0.29) is 17.1 Å². The van der Waals surface area contributed by atoms with Crippen molar-refractivity contribution in [1.82, 2.24) is 9.80 Å². The molecule has 148 valence electrons. The summed E-state index contributed by atoms with van der Waals surface area (Å²) in [6.07, 6.45) is 3.91. The van der Waals surface area contributed by atoms with Crippen molar-refractivity contribution in [3.05, 3.63) is 29.8 Å². The Hall–Kier alpha value is -1.63. The number of phenols is 1. The number of carbonyl (C=O) groups excluding carboxylic acids is 1. The lowest BCUT2D eigenvalue weighted by Gasteiger charge is -2.38. The molecule has 0 radical (unpaired) electrons. The Bertz CT molecular complexity index is 634. The molecule has 0 bridgehead atoms. The molecule has 0 aliphatic carbocycles. The number of nitrogens with zero attached hydrogens (tertiary/aromatic N) is 2. The van der Waals surface area contributed by atoms with Crippen molar-refractivity contribution in [2.24, 2.45) is 5.41 Å². The summed E-state index contributed by atoms with van der Waals surface area (Å²) < 4.78 is 11.6. The summed E-state index contributed by atoms with van der Waals surface area (Å²) in [7, 11) is 0. The Labute approximate surface area is 161 Å². The molecule has 0 aromatic heterocycles. The van der Waals surface area contributed by atoms with Crippen LogP contribution in [0.5, 0.6) is 5.75 Å². The van der Waals surface area contributed by atoms with Gasteiger partial charge in [-0.3, -0.25) is 9.69 Å². The number of rotatable bonds is 4. The number of phenolic OH excluding ortho intramolecular Hbond substituents is 1. The predicted molar refractivity (Wildman–Crippen MR) is 102 cm³/mol. The summed E-state index contributed by atoms with van der Waals surface area (Å²) in [4.78, 5) is 17.0. The number of morpholine rings is 1. The lowest BCUT2D eigenvalue weighted by molar-refractivity contribution is -0.132. The molecule has 1 spiro atoms. The minimum absolute atomic E-state index is 0.180. The van der Waals surface area contributed by atoms with Crippen LogP contribution in [0.3, 0.4) is 0 Å². The van der Waals surface area contributed by atoms with E-state index in [1.807, 2.05) is 17.0 Å². The summed E-state index contributed by atoms with van der Waals surface area (Å²) in [6.45, 7) is 7.16. The molecule has 1 N–H and O–H groups in total. The molecule has 0 unspecified atom stereocenters. The van der Waals surface area contributed by atoms with Crippen molar-refractivity contribution < 1.29 is 19.4 Å². The number of carbonyl (C=O) groups is 1. The van der Waals surface area contributed by atoms with Crippen LogP contribution in [0, 0.1) is 5.41 Å². The lowest BCUT2D eigenvalue weighted by Crippen LogP contribution is -2.44. The first kappa shape index (κ1) is 18.7. The quantitative estimate of drug-likeness (QED) is 0.869. The van der Waals surface area contributed by atoms with E-state index in [1.54, 1.807) is 12.1 Å². The molecule has 1 atom stereocenters. The molecule has 3 aliphatic heterocycles. The number of likely N-dealkylation sites (tertiary alicyclic amines) is 1. The van der Waals surface area contributed by atoms with Gasteiger partial charge in [0.25, 0.3) is 0 Å². The van der Waals surface area contributed by atoms with Gasteiger partial charge in [0.15, 0.2) is 0 Å². The SMILES string of the molecule is O=C(Cc1ccc(O)cc1)N1CCC2(CC1)CO[C@H](CN1CCOCC1)C2. The highest BCUT2D eigenvalue weighted by molar-refractivity contribution is 5.78. The van der Waals surface area contributed by atoms with Crippen molar-refractivity contribution >= 4 is 5.91 Å². The fourth-order valence-corrected chi connectivity index (χ4v) is 4.56. The Kier molecular flexibility index (Phi) is 5.66. The first-order valence-electron chi connectivity index (χ1n) is 10.1. The van der Waals surface area contributed by atoms with Crippen molar-refractivity contribution in [1.29, 1.82) is 0 Å². The maximum Gasteiger partial charge on any atom is 0.226 e. The van der Waals surface area contributed by atoms with E-state index >= 15 is 0 Å². The number of aromatic hydroxyl groups is 1. The third-order valence-corrected chi connectivity index (χ3v) is 6.32. The molecule has 3 fully saturated rings. The summed E-state index contributed by atoms with van der Waals surface area (Å²) in [5.41, 5.74) is 1.21. The van der Waals surface area contributed by atoms with E-state index in [1.165, 1.54) is 0 Å². The maximum atomic E-state index is 12.6. The molecule has 6 nitrogen and oxygen atoms in total. The van der Waals surface area contributed by atoms with Gasteiger partial charge >= 0.3 is 0 Å². The van der Waals surface area contributed by atoms with Crippen LogP contribution in [0.1, 0.15) is 24.8 Å². The molecule has 1 amide bonds. The third kappa shape index (κ3) is 4.62. The smallest absolute Gasteiger partial charge is 0.226 e. The highest BCUT2D eigenvalue weighted by atomic mass is 16.5. The molecule has 27 heavy (non-hydrogen) atoms. The minimum atomic E-state index is 0.180. The molecule has 1 aromatic rings. The molecule has 3 saturated heterocycles. The number of hydrogen-bond acceptors (Lipinski definition) is 5. The summed E-state index contributed by atoms with van der Waals surface area (Å²) in [6, 6.07) is 6.91. The van der Waals surface area contributed by atoms with Crippen LogP contribution in [0.4, 0.5) is 0 Å². The molecule has 1 aromatic carbocycles. The van der Waals surface area contributed by atoms with Crippen molar-refractivity contribution in [2.75, 3.05) is 52.5 Å². The molecule has 0 saturated carbocycles. The third-order valence-electron chi connectivity index (χ3n) is 6.32. The lowest BCUT2D eigenvalue weighted by atomic mass is 9.76. The van der Waals surface area contributed by atoms with Gasteiger partial charge < -0.3 is 19.5 Å². The van der Waals surface area contributed by atoms with Gasteiger partial charge in [0.1, 0.15) is 5.75 Å². The van der Waals surface area contributed by atoms with Gasteiger partial charge in [-0.05, 0) is 42.4 Å². The number of amides is 1. The summed E-state index contributed by atoms with van der Waals surface area (Å²) in [5, 5.41) is 9.37. The minimum Gasteiger partial charge on any atom is -0.508 e. The highest BCUT2D eigenvalue weighted by Gasteiger charge is 2.43. The average Bonchev–Trinajstić information content (AvgIpc) is 3.07. The number of ether oxygens (including phenoxy) is 2. The van der Waals surface area contributed by atoms with E-state index in [4.69, 9.17) is 9.47 Å². The van der Waals surface area contributed by atoms with Crippen molar-refractivity contribution in [2.45, 2.75) is 31.8 Å². The molecule has 3 heterocycles. The molecule has 3 aliphatic rings. The monoisotopic (exact) mass is 374 g/mol. The van der Waals surface area contributed by atoms with Gasteiger partial charge in [-0.25, -0.2) is 0 Å². The fourth-order valence-electron chi connectivity index (χ4n) is 4.56. The Balaban J connectivity index is 1.24. The zero-order valence-electron chi connectivity index (χ0n) is 15.9. The first-order valence-corrected chi connectivity index (χ1v) is 10.1. The number of piperidine rings is 1. The fraction of sp³-hybridized carbons (Fsp3) is 0.667. The van der Waals surface area contributed by atoms with E-state index in [2.05, 4.69) is 4.90 Å². The number of hydrogen-bond donors (Lipinski definition) is 1. The van der Waals surface area contributed by atoms with E-state index in [0.29, 0.717) is 12.5 Å². The van der Waals surface area contributed by atoms with Gasteiger partial charge in [0.05, 0.1) is 32.3 Å². The zero-order chi connectivity index (χ0) is 18.7. The summed E-state index contributed by atoms with van der Waals surface area (Å²) >= 11 is 0. The largest absolute Gasteiger partial charge is 0.508 e. The molecular weight excluding hydrogens is 344 g/mol. The normalized spacial score (nSPS) is 25.8. The van der Waals surface area contributed by atoms with Gasteiger partial charge in [-0.1, -0.05) is 12.1 Å². The zero-order valence-corrected chi connectivity index (χ0v) is 15.9. The standard InChI is InChI=1S/C21H30N2O4/c24-18-3-1-17(2-4-18)13-20(25)23-7-5-21(6-8-23)14-19(27-16-21)15-22-9-11-26-12-10-22/h1-4,19,24H,5-16H2/t19-/m0/s1. The topological polar surface area (TPSA) is 62.2 Å². The van der Waals surface area contributed by atoms with Crippen molar-refractivity contribution in [3.8, 4) is 5.75 Å². The van der Waals surface area contributed by atoms with E-state index in [0.717, 1.165) is 77.4 Å². The van der Waals surface area contributed by atoms with Crippen LogP contribution in [-0.4, -0.2) is 79.5 Å². The van der Waals surface area contributed by atoms with E-state index < -0.39 is 0 Å². The number of benzene rings is 1. The second kappa shape index (κ2) is 8.17. The molecule has 4 rings (SSSR count). The van der Waals surface area contributed by atoms with Crippen LogP contribution in [-0.2, 0) is 20.7 Å². The second-order valence-electron chi connectivity index (χ2n) is 8.27. The van der Waals surface area contributed by atoms with E-state index in [9.17, 15) is 9.90 Å². The average molecular weight is 374 g/mol. The second-order valence-corrected chi connectivity index (χ2v) is 8.27. The predicted octanol–water partition coefficient (Wildman–Crippen LogP) is 1.66. The van der Waals surface area contributed by atoms with Gasteiger partial charge in [0, 0.05) is 32.7 Å². The Morgan fingerprint density at radius 3 is 2.52 bits per heavy atom. The summed E-state index contributed by atoms with van der Waals surface area (Å²) in [5.74, 6) is 0.415. The van der Waals surface area contributed by atoms with Crippen LogP contribution in [0.2, 0.25) is 0 Å². The Morgan fingerprint density at radius 1 is 1.11 bits per heavy atom. The van der Waals surface area contributed by atoms with Gasteiger partial charge in [0.2, 0.25) is 5.91 Å². The molecule has 6 heteroatoms. The molecular formula is C21H30N2O4. The van der Waals surface area contributed by atoms with Crippen LogP contribution in [0.25, 0.3) is 0 Å². The first-order chi connectivity index (χ1) is 13.1.